The molecule has 1 saturated carbocycles. The van der Waals surface area contributed by atoms with Crippen molar-refractivity contribution in [3.8, 4) is 0 Å². The van der Waals surface area contributed by atoms with E-state index in [1.807, 2.05) is 0 Å². The lowest BCUT2D eigenvalue weighted by molar-refractivity contribution is -0.206. The Balaban J connectivity index is 2.72. The standard InChI is InChI=1S/C11H23O9P/c12-3-5(13)1-2-21(19,20)4-6-7(14)9(16)11(18)10(17)8(6)15/h5-18H,1-4H2,(H,19,20)/p-1/t5?,6?,7-,8-,9-,10+,11?/m0/s1. The van der Waals surface area contributed by atoms with Gasteiger partial charge in [0.25, 0.3) is 0 Å². The topological polar surface area (TPSA) is 182 Å². The Morgan fingerprint density at radius 1 is 0.952 bits per heavy atom. The summed E-state index contributed by atoms with van der Waals surface area (Å²) in [5, 5.41) is 65.7. The maximum absolute atomic E-state index is 11.9. The normalized spacial score (nSPS) is 41.5. The van der Waals surface area contributed by atoms with Crippen molar-refractivity contribution in [2.24, 2.45) is 5.92 Å². The highest BCUT2D eigenvalue weighted by atomic mass is 31.2. The lowest BCUT2D eigenvalue weighted by Gasteiger charge is -2.44. The summed E-state index contributed by atoms with van der Waals surface area (Å²) in [6, 6.07) is 0. The van der Waals surface area contributed by atoms with Gasteiger partial charge in [-0.3, -0.25) is 0 Å². The van der Waals surface area contributed by atoms with Crippen LogP contribution in [0.2, 0.25) is 0 Å². The summed E-state index contributed by atoms with van der Waals surface area (Å²) in [4.78, 5) is 11.9. The first-order valence-corrected chi connectivity index (χ1v) is 8.58. The summed E-state index contributed by atoms with van der Waals surface area (Å²) >= 11 is 0. The molecule has 0 aliphatic heterocycles. The maximum Gasteiger partial charge on any atom is 0.111 e. The van der Waals surface area contributed by atoms with Gasteiger partial charge in [-0.1, -0.05) is 0 Å². The summed E-state index contributed by atoms with van der Waals surface area (Å²) in [5.41, 5.74) is 0. The molecule has 0 radical (unpaired) electrons. The first-order chi connectivity index (χ1) is 9.60. The molecule has 0 aromatic carbocycles. The quantitative estimate of drug-likeness (QED) is 0.238. The first-order valence-electron chi connectivity index (χ1n) is 6.59. The summed E-state index contributed by atoms with van der Waals surface area (Å²) in [5.74, 6) is -1.35. The molecule has 7 N–H and O–H groups in total. The lowest BCUT2D eigenvalue weighted by Crippen LogP contribution is -2.62. The molecule has 1 fully saturated rings. The van der Waals surface area contributed by atoms with Gasteiger partial charge in [0.15, 0.2) is 0 Å². The van der Waals surface area contributed by atoms with Crippen molar-refractivity contribution in [2.75, 3.05) is 18.9 Å². The van der Waals surface area contributed by atoms with E-state index in [2.05, 4.69) is 0 Å². The van der Waals surface area contributed by atoms with Crippen LogP contribution < -0.4 is 4.89 Å². The fourth-order valence-corrected chi connectivity index (χ4v) is 4.33. The Labute approximate surface area is 121 Å². The fourth-order valence-electron chi connectivity index (χ4n) is 2.38. The average molecular weight is 329 g/mol. The molecular weight excluding hydrogens is 307 g/mol. The Bertz CT molecular complexity index is 363. The van der Waals surface area contributed by atoms with Crippen molar-refractivity contribution in [1.82, 2.24) is 0 Å². The molecule has 0 aromatic heterocycles. The monoisotopic (exact) mass is 329 g/mol. The summed E-state index contributed by atoms with van der Waals surface area (Å²) in [6.07, 6.45) is -11.3. The predicted molar refractivity (Wildman–Crippen MR) is 68.6 cm³/mol. The highest BCUT2D eigenvalue weighted by molar-refractivity contribution is 7.56. The molecule has 0 spiro atoms. The second kappa shape index (κ2) is 7.45. The zero-order valence-corrected chi connectivity index (χ0v) is 12.2. The molecule has 126 valence electrons. The molecule has 9 nitrogen and oxygen atoms in total. The van der Waals surface area contributed by atoms with Crippen LogP contribution >= 0.6 is 7.37 Å². The van der Waals surface area contributed by atoms with Gasteiger partial charge in [0.05, 0.1) is 24.9 Å². The van der Waals surface area contributed by atoms with Crippen LogP contribution in [0.4, 0.5) is 0 Å². The summed E-state index contributed by atoms with van der Waals surface area (Å²) in [7, 11) is -4.12. The van der Waals surface area contributed by atoms with Crippen LogP contribution in [0.5, 0.6) is 0 Å². The molecule has 0 heterocycles. The van der Waals surface area contributed by atoms with E-state index in [0.717, 1.165) is 0 Å². The van der Waals surface area contributed by atoms with E-state index in [1.54, 1.807) is 0 Å². The van der Waals surface area contributed by atoms with E-state index in [9.17, 15) is 35.0 Å². The molecule has 0 bridgehead atoms. The molecule has 4 unspecified atom stereocenters. The van der Waals surface area contributed by atoms with Crippen LogP contribution in [0.1, 0.15) is 6.42 Å². The number of rotatable bonds is 6. The minimum Gasteiger partial charge on any atom is -0.799 e. The third-order valence-corrected chi connectivity index (χ3v) is 5.70. The van der Waals surface area contributed by atoms with Crippen molar-refractivity contribution in [1.29, 1.82) is 0 Å². The SMILES string of the molecule is O=P([O-])(CCC(O)CO)CC1[C@H](O)[C@H](O)C(O)[C@H](O)[C@H]1O. The zero-order chi connectivity index (χ0) is 16.4. The molecule has 10 heteroatoms. The van der Waals surface area contributed by atoms with Gasteiger partial charge < -0.3 is 45.2 Å². The zero-order valence-electron chi connectivity index (χ0n) is 11.3. The number of aliphatic hydroxyl groups is 7. The third kappa shape index (κ3) is 4.69. The van der Waals surface area contributed by atoms with Crippen molar-refractivity contribution in [3.63, 3.8) is 0 Å². The van der Waals surface area contributed by atoms with Crippen molar-refractivity contribution < 1.29 is 45.2 Å². The smallest absolute Gasteiger partial charge is 0.111 e. The third-order valence-electron chi connectivity index (χ3n) is 3.78. The highest BCUT2D eigenvalue weighted by Gasteiger charge is 2.48. The van der Waals surface area contributed by atoms with Gasteiger partial charge >= 0.3 is 0 Å². The molecule has 21 heavy (non-hydrogen) atoms. The molecule has 0 amide bonds. The summed E-state index contributed by atoms with van der Waals surface area (Å²) in [6.45, 7) is -0.585. The fraction of sp³-hybridized carbons (Fsp3) is 1.00. The minimum atomic E-state index is -4.12. The molecule has 1 aliphatic carbocycles. The molecular formula is C11H22O9P-. The van der Waals surface area contributed by atoms with Gasteiger partial charge in [-0.05, 0) is 18.7 Å². The highest BCUT2D eigenvalue weighted by Crippen LogP contribution is 2.42. The van der Waals surface area contributed by atoms with Gasteiger partial charge in [0, 0.05) is 13.3 Å². The largest absolute Gasteiger partial charge is 0.799 e. The molecule has 0 aromatic rings. The van der Waals surface area contributed by atoms with Crippen LogP contribution in [-0.4, -0.2) is 91.3 Å². The second-order valence-electron chi connectivity index (χ2n) is 5.46. The van der Waals surface area contributed by atoms with E-state index in [-0.39, 0.29) is 6.42 Å². The van der Waals surface area contributed by atoms with Gasteiger partial charge in [-0.15, -0.1) is 0 Å². The Morgan fingerprint density at radius 3 is 1.81 bits per heavy atom. The van der Waals surface area contributed by atoms with Crippen LogP contribution in [0.3, 0.4) is 0 Å². The van der Waals surface area contributed by atoms with E-state index >= 15 is 0 Å². The van der Waals surface area contributed by atoms with Gasteiger partial charge in [-0.25, -0.2) is 0 Å². The number of aliphatic hydroxyl groups excluding tert-OH is 7. The van der Waals surface area contributed by atoms with Crippen molar-refractivity contribution in [3.05, 3.63) is 0 Å². The van der Waals surface area contributed by atoms with Gasteiger partial charge in [0.1, 0.15) is 18.3 Å². The van der Waals surface area contributed by atoms with E-state index in [4.69, 9.17) is 10.2 Å². The van der Waals surface area contributed by atoms with Gasteiger partial charge in [-0.2, -0.15) is 0 Å². The summed E-state index contributed by atoms with van der Waals surface area (Å²) < 4.78 is 11.9. The molecule has 1 aliphatic rings. The lowest BCUT2D eigenvalue weighted by atomic mass is 9.79. The second-order valence-corrected chi connectivity index (χ2v) is 7.90. The average Bonchev–Trinajstić information content (AvgIpc) is 2.45. The minimum absolute atomic E-state index is 0.204. The van der Waals surface area contributed by atoms with Crippen LogP contribution in [0, 0.1) is 5.92 Å². The van der Waals surface area contributed by atoms with Crippen LogP contribution in [0.25, 0.3) is 0 Å². The van der Waals surface area contributed by atoms with Gasteiger partial charge in [0.2, 0.25) is 0 Å². The molecule has 0 saturated heterocycles. The maximum atomic E-state index is 11.9. The Hall–Kier alpha value is -0.0900. The number of hydrogen-bond donors (Lipinski definition) is 7. The Morgan fingerprint density at radius 2 is 1.38 bits per heavy atom. The van der Waals surface area contributed by atoms with Crippen LogP contribution in [0.15, 0.2) is 0 Å². The van der Waals surface area contributed by atoms with E-state index in [1.165, 1.54) is 0 Å². The first kappa shape index (κ1) is 19.0. The van der Waals surface area contributed by atoms with E-state index in [0.29, 0.717) is 0 Å². The van der Waals surface area contributed by atoms with Crippen molar-refractivity contribution in [2.45, 2.75) is 43.0 Å². The van der Waals surface area contributed by atoms with Crippen molar-refractivity contribution >= 4 is 7.37 Å². The predicted octanol–water partition coefficient (Wildman–Crippen LogP) is -4.20. The number of hydrogen-bond acceptors (Lipinski definition) is 9. The van der Waals surface area contributed by atoms with Crippen LogP contribution in [-0.2, 0) is 4.57 Å². The Kier molecular flexibility index (Phi) is 6.73. The molecule has 8 atom stereocenters. The van der Waals surface area contributed by atoms with E-state index < -0.39 is 68.8 Å². The molecule has 1 rings (SSSR count).